The zero-order valence-corrected chi connectivity index (χ0v) is 10.1. The number of ether oxygens (including phenoxy) is 1. The Morgan fingerprint density at radius 2 is 2.12 bits per heavy atom. The van der Waals surface area contributed by atoms with Crippen molar-refractivity contribution < 1.29 is 4.74 Å². The van der Waals surface area contributed by atoms with Gasteiger partial charge < -0.3 is 10.5 Å². The Hall–Kier alpha value is -1.65. The van der Waals surface area contributed by atoms with Crippen LogP contribution in [0.2, 0.25) is 5.02 Å². The van der Waals surface area contributed by atoms with Crippen LogP contribution in [0.1, 0.15) is 17.2 Å². The molecular formula is C12H12ClN3O. The Kier molecular flexibility index (Phi) is 3.56. The van der Waals surface area contributed by atoms with Gasteiger partial charge in [0.15, 0.2) is 0 Å². The first-order valence-corrected chi connectivity index (χ1v) is 5.44. The van der Waals surface area contributed by atoms with Gasteiger partial charge in [-0.3, -0.25) is 9.97 Å². The molecule has 0 bridgehead atoms. The SMILES string of the molecule is COc1cncc(C(N)c2ccncc2Cl)c1. The molecule has 2 aromatic rings. The monoisotopic (exact) mass is 249 g/mol. The largest absolute Gasteiger partial charge is 0.495 e. The lowest BCUT2D eigenvalue weighted by Crippen LogP contribution is -2.13. The van der Waals surface area contributed by atoms with Gasteiger partial charge in [-0.05, 0) is 23.3 Å². The number of hydrogen-bond donors (Lipinski definition) is 1. The van der Waals surface area contributed by atoms with Gasteiger partial charge in [0.2, 0.25) is 0 Å². The van der Waals surface area contributed by atoms with E-state index in [2.05, 4.69) is 9.97 Å². The normalized spacial score (nSPS) is 12.2. The van der Waals surface area contributed by atoms with E-state index in [-0.39, 0.29) is 6.04 Å². The lowest BCUT2D eigenvalue weighted by atomic mass is 10.0. The molecule has 88 valence electrons. The van der Waals surface area contributed by atoms with Crippen LogP contribution in [0.15, 0.2) is 36.9 Å². The predicted molar refractivity (Wildman–Crippen MR) is 66.1 cm³/mol. The van der Waals surface area contributed by atoms with Crippen molar-refractivity contribution in [1.82, 2.24) is 9.97 Å². The van der Waals surface area contributed by atoms with E-state index >= 15 is 0 Å². The van der Waals surface area contributed by atoms with Crippen molar-refractivity contribution in [3.05, 3.63) is 53.1 Å². The van der Waals surface area contributed by atoms with Crippen molar-refractivity contribution in [2.75, 3.05) is 7.11 Å². The number of hydrogen-bond acceptors (Lipinski definition) is 4. The van der Waals surface area contributed by atoms with Crippen LogP contribution in [0.3, 0.4) is 0 Å². The summed E-state index contributed by atoms with van der Waals surface area (Å²) >= 11 is 6.05. The molecule has 0 spiro atoms. The zero-order valence-electron chi connectivity index (χ0n) is 9.30. The van der Waals surface area contributed by atoms with Gasteiger partial charge in [-0.25, -0.2) is 0 Å². The highest BCUT2D eigenvalue weighted by molar-refractivity contribution is 6.31. The van der Waals surface area contributed by atoms with E-state index in [1.54, 1.807) is 38.0 Å². The Morgan fingerprint density at radius 1 is 1.29 bits per heavy atom. The molecule has 0 aromatic carbocycles. The van der Waals surface area contributed by atoms with Crippen molar-refractivity contribution in [3.8, 4) is 5.75 Å². The van der Waals surface area contributed by atoms with E-state index in [4.69, 9.17) is 22.1 Å². The fraction of sp³-hybridized carbons (Fsp3) is 0.167. The Morgan fingerprint density at radius 3 is 2.82 bits per heavy atom. The predicted octanol–water partition coefficient (Wildman–Crippen LogP) is 2.19. The maximum absolute atomic E-state index is 6.13. The second kappa shape index (κ2) is 5.12. The standard InChI is InChI=1S/C12H12ClN3O/c1-17-9-4-8(5-16-6-9)12(14)10-2-3-15-7-11(10)13/h2-7,12H,14H2,1H3. The molecule has 0 saturated carbocycles. The quantitative estimate of drug-likeness (QED) is 0.906. The maximum Gasteiger partial charge on any atom is 0.137 e. The first-order valence-electron chi connectivity index (χ1n) is 5.06. The third kappa shape index (κ3) is 2.54. The van der Waals surface area contributed by atoms with Gasteiger partial charge in [0.25, 0.3) is 0 Å². The minimum Gasteiger partial charge on any atom is -0.495 e. The molecular weight excluding hydrogens is 238 g/mol. The summed E-state index contributed by atoms with van der Waals surface area (Å²) in [6.45, 7) is 0. The van der Waals surface area contributed by atoms with Crippen LogP contribution in [-0.2, 0) is 0 Å². The third-order valence-corrected chi connectivity index (χ3v) is 2.78. The van der Waals surface area contributed by atoms with E-state index in [0.29, 0.717) is 10.8 Å². The second-order valence-corrected chi connectivity index (χ2v) is 3.94. The summed E-state index contributed by atoms with van der Waals surface area (Å²) in [4.78, 5) is 7.99. The number of halogens is 1. The van der Waals surface area contributed by atoms with E-state index < -0.39 is 0 Å². The van der Waals surface area contributed by atoms with Crippen LogP contribution in [0, 0.1) is 0 Å². The molecule has 5 heteroatoms. The number of nitrogens with zero attached hydrogens (tertiary/aromatic N) is 2. The average molecular weight is 250 g/mol. The minimum absolute atomic E-state index is 0.340. The molecule has 2 rings (SSSR count). The number of nitrogens with two attached hydrogens (primary N) is 1. The molecule has 2 heterocycles. The maximum atomic E-state index is 6.13. The second-order valence-electron chi connectivity index (χ2n) is 3.53. The Bertz CT molecular complexity index is 519. The van der Waals surface area contributed by atoms with E-state index in [1.165, 1.54) is 0 Å². The van der Waals surface area contributed by atoms with E-state index in [0.717, 1.165) is 11.1 Å². The topological polar surface area (TPSA) is 61.0 Å². The fourth-order valence-electron chi connectivity index (χ4n) is 1.54. The van der Waals surface area contributed by atoms with E-state index in [9.17, 15) is 0 Å². The van der Waals surface area contributed by atoms with Gasteiger partial charge >= 0.3 is 0 Å². The van der Waals surface area contributed by atoms with Crippen molar-refractivity contribution >= 4 is 11.6 Å². The highest BCUT2D eigenvalue weighted by atomic mass is 35.5. The Labute approximate surface area is 104 Å². The molecule has 0 radical (unpaired) electrons. The molecule has 2 aromatic heterocycles. The van der Waals surface area contributed by atoms with Crippen molar-refractivity contribution in [2.45, 2.75) is 6.04 Å². The van der Waals surface area contributed by atoms with Crippen molar-refractivity contribution in [1.29, 1.82) is 0 Å². The first-order chi connectivity index (χ1) is 8.22. The molecule has 0 aliphatic carbocycles. The average Bonchev–Trinajstić information content (AvgIpc) is 2.38. The third-order valence-electron chi connectivity index (χ3n) is 2.47. The summed E-state index contributed by atoms with van der Waals surface area (Å²) in [5.74, 6) is 0.670. The Balaban J connectivity index is 2.37. The summed E-state index contributed by atoms with van der Waals surface area (Å²) in [6.07, 6.45) is 6.56. The molecule has 2 N–H and O–H groups in total. The molecule has 0 saturated heterocycles. The lowest BCUT2D eigenvalue weighted by Gasteiger charge is -2.14. The van der Waals surface area contributed by atoms with Crippen molar-refractivity contribution in [2.24, 2.45) is 5.73 Å². The van der Waals surface area contributed by atoms with Crippen LogP contribution < -0.4 is 10.5 Å². The van der Waals surface area contributed by atoms with Crippen molar-refractivity contribution in [3.63, 3.8) is 0 Å². The number of rotatable bonds is 3. The van der Waals surface area contributed by atoms with Gasteiger partial charge in [-0.1, -0.05) is 11.6 Å². The van der Waals surface area contributed by atoms with Gasteiger partial charge in [0.1, 0.15) is 5.75 Å². The summed E-state index contributed by atoms with van der Waals surface area (Å²) in [5, 5.41) is 0.544. The molecule has 0 aliphatic rings. The van der Waals surface area contributed by atoms with Gasteiger partial charge in [0, 0.05) is 18.6 Å². The van der Waals surface area contributed by atoms with Gasteiger partial charge in [-0.15, -0.1) is 0 Å². The number of methoxy groups -OCH3 is 1. The van der Waals surface area contributed by atoms with Crippen LogP contribution in [0.5, 0.6) is 5.75 Å². The number of pyridine rings is 2. The molecule has 17 heavy (non-hydrogen) atoms. The summed E-state index contributed by atoms with van der Waals surface area (Å²) in [5.41, 5.74) is 7.79. The molecule has 4 nitrogen and oxygen atoms in total. The first kappa shape index (κ1) is 11.8. The molecule has 1 unspecified atom stereocenters. The van der Waals surface area contributed by atoms with Crippen LogP contribution >= 0.6 is 11.6 Å². The molecule has 0 amide bonds. The minimum atomic E-state index is -0.340. The lowest BCUT2D eigenvalue weighted by molar-refractivity contribution is 0.412. The molecule has 0 aliphatic heterocycles. The fourth-order valence-corrected chi connectivity index (χ4v) is 1.77. The zero-order chi connectivity index (χ0) is 12.3. The van der Waals surface area contributed by atoms with Crippen LogP contribution in [0.4, 0.5) is 0 Å². The molecule has 1 atom stereocenters. The highest BCUT2D eigenvalue weighted by Gasteiger charge is 2.13. The van der Waals surface area contributed by atoms with Gasteiger partial charge in [-0.2, -0.15) is 0 Å². The number of aromatic nitrogens is 2. The molecule has 0 fully saturated rings. The summed E-state index contributed by atoms with van der Waals surface area (Å²) in [7, 11) is 1.59. The smallest absolute Gasteiger partial charge is 0.137 e. The summed E-state index contributed by atoms with van der Waals surface area (Å²) < 4.78 is 5.11. The van der Waals surface area contributed by atoms with Gasteiger partial charge in [0.05, 0.1) is 24.4 Å². The highest BCUT2D eigenvalue weighted by Crippen LogP contribution is 2.26. The summed E-state index contributed by atoms with van der Waals surface area (Å²) in [6, 6.07) is 3.30. The van der Waals surface area contributed by atoms with Crippen LogP contribution in [-0.4, -0.2) is 17.1 Å². The van der Waals surface area contributed by atoms with Crippen LogP contribution in [0.25, 0.3) is 0 Å². The van der Waals surface area contributed by atoms with E-state index in [1.807, 2.05) is 6.07 Å².